The Morgan fingerprint density at radius 2 is 1.89 bits per heavy atom. The van der Waals surface area contributed by atoms with Crippen LogP contribution in [0.3, 0.4) is 0 Å². The van der Waals surface area contributed by atoms with Crippen molar-refractivity contribution in [3.63, 3.8) is 0 Å². The van der Waals surface area contributed by atoms with Crippen LogP contribution in [0.2, 0.25) is 5.02 Å². The number of nitro benzene ring substituents is 1. The summed E-state index contributed by atoms with van der Waals surface area (Å²) in [4.78, 5) is 14.1. The molecule has 0 fully saturated rings. The van der Waals surface area contributed by atoms with E-state index >= 15 is 0 Å². The van der Waals surface area contributed by atoms with Gasteiger partial charge >= 0.3 is 0 Å². The van der Waals surface area contributed by atoms with E-state index < -0.39 is 4.92 Å². The Morgan fingerprint density at radius 1 is 1.21 bits per heavy atom. The van der Waals surface area contributed by atoms with Gasteiger partial charge in [-0.3, -0.25) is 15.1 Å². The van der Waals surface area contributed by atoms with Crippen molar-refractivity contribution in [2.75, 3.05) is 0 Å². The monoisotopic (exact) mass is 276 g/mol. The van der Waals surface area contributed by atoms with Crippen LogP contribution in [-0.4, -0.2) is 16.2 Å². The fourth-order valence-electron chi connectivity index (χ4n) is 1.45. The molecule has 0 aliphatic heterocycles. The van der Waals surface area contributed by atoms with Crippen LogP contribution in [0.4, 0.5) is 11.4 Å². The SMILES string of the molecule is O=[N+]([O-])c1ccc(N=Cc2c(O)cccc2Cl)cc1. The zero-order chi connectivity index (χ0) is 13.8. The standard InChI is InChI=1S/C13H9ClN2O3/c14-12-2-1-3-13(17)11(12)8-15-9-4-6-10(7-5-9)16(18)19/h1-8,17H. The molecule has 0 unspecified atom stereocenters. The number of rotatable bonds is 3. The van der Waals surface area contributed by atoms with Crippen molar-refractivity contribution in [3.8, 4) is 5.75 Å². The lowest BCUT2D eigenvalue weighted by Gasteiger charge is -2.00. The third-order valence-corrected chi connectivity index (χ3v) is 2.76. The van der Waals surface area contributed by atoms with Gasteiger partial charge in [0.2, 0.25) is 0 Å². The summed E-state index contributed by atoms with van der Waals surface area (Å²) in [6.07, 6.45) is 1.42. The van der Waals surface area contributed by atoms with Crippen LogP contribution < -0.4 is 0 Å². The average molecular weight is 277 g/mol. The Bertz CT molecular complexity index is 619. The van der Waals surface area contributed by atoms with Crippen LogP contribution in [-0.2, 0) is 0 Å². The normalized spacial score (nSPS) is 10.8. The summed E-state index contributed by atoms with van der Waals surface area (Å²) < 4.78 is 0. The number of phenolic OH excluding ortho intramolecular Hbond substituents is 1. The van der Waals surface area contributed by atoms with E-state index in [2.05, 4.69) is 4.99 Å². The van der Waals surface area contributed by atoms with Crippen molar-refractivity contribution in [1.29, 1.82) is 0 Å². The van der Waals surface area contributed by atoms with Crippen LogP contribution in [0.15, 0.2) is 47.5 Å². The number of phenols is 1. The highest BCUT2D eigenvalue weighted by Crippen LogP contribution is 2.24. The third kappa shape index (κ3) is 3.08. The van der Waals surface area contributed by atoms with Crippen molar-refractivity contribution in [1.82, 2.24) is 0 Å². The van der Waals surface area contributed by atoms with E-state index in [0.29, 0.717) is 16.3 Å². The Balaban J connectivity index is 2.25. The van der Waals surface area contributed by atoms with Crippen molar-refractivity contribution in [2.24, 2.45) is 4.99 Å². The van der Waals surface area contributed by atoms with Crippen molar-refractivity contribution in [2.45, 2.75) is 0 Å². The molecule has 0 aliphatic rings. The van der Waals surface area contributed by atoms with Crippen molar-refractivity contribution < 1.29 is 10.0 Å². The lowest BCUT2D eigenvalue weighted by molar-refractivity contribution is -0.384. The molecule has 0 aliphatic carbocycles. The molecule has 0 saturated carbocycles. The van der Waals surface area contributed by atoms with Gasteiger partial charge in [-0.25, -0.2) is 0 Å². The van der Waals surface area contributed by atoms with Gasteiger partial charge in [-0.15, -0.1) is 0 Å². The molecule has 0 heterocycles. The predicted molar refractivity (Wildman–Crippen MR) is 73.5 cm³/mol. The molecule has 5 nitrogen and oxygen atoms in total. The van der Waals surface area contributed by atoms with E-state index in [1.54, 1.807) is 12.1 Å². The van der Waals surface area contributed by atoms with E-state index in [-0.39, 0.29) is 11.4 Å². The van der Waals surface area contributed by atoms with Gasteiger partial charge in [0.15, 0.2) is 0 Å². The molecule has 0 aromatic heterocycles. The zero-order valence-electron chi connectivity index (χ0n) is 9.65. The van der Waals surface area contributed by atoms with E-state index in [9.17, 15) is 15.2 Å². The molecule has 0 radical (unpaired) electrons. The van der Waals surface area contributed by atoms with Gasteiger partial charge < -0.3 is 5.11 Å². The van der Waals surface area contributed by atoms with Gasteiger partial charge in [0.1, 0.15) is 5.75 Å². The van der Waals surface area contributed by atoms with Gasteiger partial charge in [-0.1, -0.05) is 17.7 Å². The van der Waals surface area contributed by atoms with Gasteiger partial charge in [0.05, 0.1) is 21.2 Å². The number of hydrogen-bond acceptors (Lipinski definition) is 4. The number of aliphatic imine (C=N–C) groups is 1. The van der Waals surface area contributed by atoms with Crippen LogP contribution in [0.25, 0.3) is 0 Å². The lowest BCUT2D eigenvalue weighted by Crippen LogP contribution is -1.86. The van der Waals surface area contributed by atoms with E-state index in [1.807, 2.05) is 0 Å². The maximum absolute atomic E-state index is 10.5. The highest BCUT2D eigenvalue weighted by atomic mass is 35.5. The topological polar surface area (TPSA) is 75.7 Å². The minimum absolute atomic E-state index is 0.000425. The molecule has 0 spiro atoms. The molecule has 2 rings (SSSR count). The summed E-state index contributed by atoms with van der Waals surface area (Å²) in [5.74, 6) is 0.0261. The summed E-state index contributed by atoms with van der Waals surface area (Å²) in [5, 5.41) is 20.5. The van der Waals surface area contributed by atoms with Gasteiger partial charge in [0, 0.05) is 18.3 Å². The molecule has 19 heavy (non-hydrogen) atoms. The summed E-state index contributed by atoms with van der Waals surface area (Å²) in [5.41, 5.74) is 0.937. The molecular formula is C13H9ClN2O3. The molecule has 2 aromatic rings. The fourth-order valence-corrected chi connectivity index (χ4v) is 1.67. The number of aromatic hydroxyl groups is 1. The second-order valence-corrected chi connectivity index (χ2v) is 4.11. The maximum atomic E-state index is 10.5. The molecule has 0 saturated heterocycles. The fraction of sp³-hybridized carbons (Fsp3) is 0. The maximum Gasteiger partial charge on any atom is 0.269 e. The first kappa shape index (κ1) is 13.0. The Kier molecular flexibility index (Phi) is 3.77. The molecular weight excluding hydrogens is 268 g/mol. The second-order valence-electron chi connectivity index (χ2n) is 3.70. The largest absolute Gasteiger partial charge is 0.507 e. The lowest BCUT2D eigenvalue weighted by atomic mass is 10.2. The highest BCUT2D eigenvalue weighted by Gasteiger charge is 2.04. The molecule has 0 amide bonds. The average Bonchev–Trinajstić information content (AvgIpc) is 2.38. The van der Waals surface area contributed by atoms with Crippen LogP contribution in [0.1, 0.15) is 5.56 Å². The smallest absolute Gasteiger partial charge is 0.269 e. The summed E-state index contributed by atoms with van der Waals surface area (Å²) in [7, 11) is 0. The second kappa shape index (κ2) is 5.49. The minimum atomic E-state index is -0.479. The number of hydrogen-bond donors (Lipinski definition) is 1. The van der Waals surface area contributed by atoms with E-state index in [0.717, 1.165) is 0 Å². The molecule has 0 bridgehead atoms. The van der Waals surface area contributed by atoms with Crippen LogP contribution in [0, 0.1) is 10.1 Å². The van der Waals surface area contributed by atoms with Gasteiger partial charge in [-0.05, 0) is 24.3 Å². The van der Waals surface area contributed by atoms with Gasteiger partial charge in [0.25, 0.3) is 5.69 Å². The molecule has 1 N–H and O–H groups in total. The summed E-state index contributed by atoms with van der Waals surface area (Å²) in [6, 6.07) is 10.5. The van der Waals surface area contributed by atoms with Crippen molar-refractivity contribution in [3.05, 3.63) is 63.2 Å². The Hall–Kier alpha value is -2.40. The van der Waals surface area contributed by atoms with E-state index in [1.165, 1.54) is 36.5 Å². The first-order chi connectivity index (χ1) is 9.08. The molecule has 6 heteroatoms. The van der Waals surface area contributed by atoms with Crippen LogP contribution in [0.5, 0.6) is 5.75 Å². The number of nitrogens with zero attached hydrogens (tertiary/aromatic N) is 2. The Labute approximate surface area is 113 Å². The zero-order valence-corrected chi connectivity index (χ0v) is 10.4. The van der Waals surface area contributed by atoms with E-state index in [4.69, 9.17) is 11.6 Å². The van der Waals surface area contributed by atoms with Crippen LogP contribution >= 0.6 is 11.6 Å². The first-order valence-electron chi connectivity index (χ1n) is 5.34. The van der Waals surface area contributed by atoms with Gasteiger partial charge in [-0.2, -0.15) is 0 Å². The number of non-ortho nitro benzene ring substituents is 1. The number of benzene rings is 2. The quantitative estimate of drug-likeness (QED) is 0.527. The Morgan fingerprint density at radius 3 is 2.47 bits per heavy atom. The number of halogens is 1. The highest BCUT2D eigenvalue weighted by molar-refractivity contribution is 6.33. The molecule has 0 atom stereocenters. The summed E-state index contributed by atoms with van der Waals surface area (Å²) in [6.45, 7) is 0. The summed E-state index contributed by atoms with van der Waals surface area (Å²) >= 11 is 5.92. The third-order valence-electron chi connectivity index (χ3n) is 2.43. The van der Waals surface area contributed by atoms with Crippen molar-refractivity contribution >= 4 is 29.2 Å². The molecule has 2 aromatic carbocycles. The molecule has 96 valence electrons. The predicted octanol–water partition coefficient (Wildman–Crippen LogP) is 3.70. The number of nitro groups is 1. The first-order valence-corrected chi connectivity index (χ1v) is 5.72. The minimum Gasteiger partial charge on any atom is -0.507 e.